The van der Waals surface area contributed by atoms with E-state index in [0.717, 1.165) is 57.4 Å². The maximum absolute atomic E-state index is 12.9. The fraction of sp³-hybridized carbons (Fsp3) is 0.636. The minimum absolute atomic E-state index is 0.0723. The maximum Gasteiger partial charge on any atom is 0.237 e. The molecule has 0 spiro atoms. The number of carbonyl (C=O) groups is 1. The summed E-state index contributed by atoms with van der Waals surface area (Å²) < 4.78 is 5.91. The van der Waals surface area contributed by atoms with E-state index in [-0.39, 0.29) is 5.91 Å². The number of amides is 1. The van der Waals surface area contributed by atoms with Crippen LogP contribution in [0.15, 0.2) is 30.3 Å². The molecule has 2 fully saturated rings. The van der Waals surface area contributed by atoms with Gasteiger partial charge in [-0.3, -0.25) is 9.69 Å². The third-order valence-electron chi connectivity index (χ3n) is 6.10. The van der Waals surface area contributed by atoms with Crippen LogP contribution in [-0.4, -0.2) is 54.5 Å². The number of carbonyl (C=O) groups excluding carboxylic acids is 1. The Kier molecular flexibility index (Phi) is 6.73. The van der Waals surface area contributed by atoms with Crippen molar-refractivity contribution in [3.63, 3.8) is 0 Å². The molecule has 0 N–H and O–H groups in total. The third-order valence-corrected chi connectivity index (χ3v) is 6.10. The van der Waals surface area contributed by atoms with Gasteiger partial charge in [-0.15, -0.1) is 0 Å². The topological polar surface area (TPSA) is 56.6 Å². The van der Waals surface area contributed by atoms with E-state index in [0.29, 0.717) is 19.1 Å². The summed E-state index contributed by atoms with van der Waals surface area (Å²) in [5.41, 5.74) is -0.596. The minimum Gasteiger partial charge on any atom is -0.493 e. The van der Waals surface area contributed by atoms with Crippen molar-refractivity contribution in [2.75, 3.05) is 33.3 Å². The number of hydrogen-bond acceptors (Lipinski definition) is 4. The Morgan fingerprint density at radius 3 is 2.70 bits per heavy atom. The molecule has 5 nitrogen and oxygen atoms in total. The molecule has 1 heterocycles. The van der Waals surface area contributed by atoms with E-state index in [1.165, 1.54) is 6.42 Å². The third kappa shape index (κ3) is 5.01. The molecular formula is C22H31N3O2. The lowest BCUT2D eigenvalue weighted by Crippen LogP contribution is -2.53. The van der Waals surface area contributed by atoms with Crippen LogP contribution in [0.2, 0.25) is 0 Å². The molecule has 0 bridgehead atoms. The van der Waals surface area contributed by atoms with Gasteiger partial charge in [0.1, 0.15) is 11.3 Å². The summed E-state index contributed by atoms with van der Waals surface area (Å²) in [5.74, 6) is 1.42. The minimum atomic E-state index is -0.596. The fourth-order valence-corrected chi connectivity index (χ4v) is 4.36. The van der Waals surface area contributed by atoms with E-state index in [2.05, 4.69) is 11.0 Å². The highest BCUT2D eigenvalue weighted by Crippen LogP contribution is 2.32. The number of para-hydroxylation sites is 1. The van der Waals surface area contributed by atoms with Crippen molar-refractivity contribution in [2.24, 2.45) is 5.92 Å². The Bertz CT molecular complexity index is 649. The smallest absolute Gasteiger partial charge is 0.237 e. The lowest BCUT2D eigenvalue weighted by atomic mass is 9.81. The van der Waals surface area contributed by atoms with Gasteiger partial charge in [-0.2, -0.15) is 5.26 Å². The Morgan fingerprint density at radius 2 is 2.00 bits per heavy atom. The van der Waals surface area contributed by atoms with Gasteiger partial charge < -0.3 is 9.64 Å². The van der Waals surface area contributed by atoms with Gasteiger partial charge in [0.05, 0.1) is 19.2 Å². The highest BCUT2D eigenvalue weighted by Gasteiger charge is 2.39. The van der Waals surface area contributed by atoms with Crippen LogP contribution in [0.4, 0.5) is 0 Å². The lowest BCUT2D eigenvalue weighted by molar-refractivity contribution is -0.136. The SMILES string of the molecule is CN(C(=O)CN1CCCC(COc2ccccc2)C1)C1(C#N)CCCCC1. The first-order chi connectivity index (χ1) is 13.1. The Labute approximate surface area is 162 Å². The van der Waals surface area contributed by atoms with Gasteiger partial charge in [0.15, 0.2) is 0 Å². The number of rotatable bonds is 6. The van der Waals surface area contributed by atoms with Crippen LogP contribution in [0.25, 0.3) is 0 Å². The van der Waals surface area contributed by atoms with E-state index in [9.17, 15) is 10.1 Å². The number of likely N-dealkylation sites (tertiary alicyclic amines) is 1. The summed E-state index contributed by atoms with van der Waals surface area (Å²) in [6.07, 6.45) is 7.07. The molecule has 1 aliphatic heterocycles. The number of nitrogens with zero attached hydrogens (tertiary/aromatic N) is 3. The number of hydrogen-bond donors (Lipinski definition) is 0. The van der Waals surface area contributed by atoms with Crippen LogP contribution in [0.3, 0.4) is 0 Å². The second-order valence-corrected chi connectivity index (χ2v) is 8.02. The Balaban J connectivity index is 1.50. The number of piperidine rings is 1. The van der Waals surface area contributed by atoms with Gasteiger partial charge in [0.25, 0.3) is 0 Å². The van der Waals surface area contributed by atoms with E-state index in [1.54, 1.807) is 4.90 Å². The molecule has 27 heavy (non-hydrogen) atoms. The molecule has 2 aliphatic rings. The van der Waals surface area contributed by atoms with Gasteiger partial charge in [-0.05, 0) is 44.4 Å². The zero-order chi connectivity index (χ0) is 19.1. The standard InChI is InChI=1S/C22H31N3O2/c1-24(22(18-23)12-6-3-7-13-22)21(26)16-25-14-8-9-19(15-25)17-27-20-10-4-2-5-11-20/h2,4-5,10-11,19H,3,6-9,12-17H2,1H3. The summed E-state index contributed by atoms with van der Waals surface area (Å²) in [5, 5.41) is 9.71. The van der Waals surface area contributed by atoms with Crippen molar-refractivity contribution in [1.29, 1.82) is 5.26 Å². The molecule has 0 radical (unpaired) electrons. The van der Waals surface area contributed by atoms with Gasteiger partial charge >= 0.3 is 0 Å². The number of benzene rings is 1. The predicted molar refractivity (Wildman–Crippen MR) is 105 cm³/mol. The van der Waals surface area contributed by atoms with E-state index >= 15 is 0 Å². The first kappa shape index (κ1) is 19.7. The first-order valence-electron chi connectivity index (χ1n) is 10.2. The zero-order valence-electron chi connectivity index (χ0n) is 16.4. The van der Waals surface area contributed by atoms with Crippen LogP contribution < -0.4 is 4.74 Å². The van der Waals surface area contributed by atoms with Gasteiger partial charge in [-0.25, -0.2) is 0 Å². The van der Waals surface area contributed by atoms with Crippen LogP contribution in [0, 0.1) is 17.2 Å². The number of ether oxygens (including phenoxy) is 1. The average Bonchev–Trinajstić information content (AvgIpc) is 2.73. The summed E-state index contributed by atoms with van der Waals surface area (Å²) >= 11 is 0. The van der Waals surface area contributed by atoms with Crippen molar-refractivity contribution in [2.45, 2.75) is 50.5 Å². The zero-order valence-corrected chi connectivity index (χ0v) is 16.4. The molecule has 5 heteroatoms. The monoisotopic (exact) mass is 369 g/mol. The normalized spacial score (nSPS) is 22.6. The molecule has 1 aromatic rings. The molecule has 1 unspecified atom stereocenters. The summed E-state index contributed by atoms with van der Waals surface area (Å²) in [4.78, 5) is 16.8. The van der Waals surface area contributed by atoms with Crippen LogP contribution in [0.1, 0.15) is 44.9 Å². The maximum atomic E-state index is 12.9. The van der Waals surface area contributed by atoms with Crippen LogP contribution >= 0.6 is 0 Å². The Hall–Kier alpha value is -2.06. The molecule has 1 atom stereocenters. The molecule has 1 aliphatic carbocycles. The molecular weight excluding hydrogens is 338 g/mol. The summed E-state index contributed by atoms with van der Waals surface area (Å²) in [7, 11) is 1.82. The quantitative estimate of drug-likeness (QED) is 0.770. The highest BCUT2D eigenvalue weighted by molar-refractivity contribution is 5.79. The molecule has 1 saturated carbocycles. The van der Waals surface area contributed by atoms with Crippen molar-refractivity contribution in [1.82, 2.24) is 9.80 Å². The Morgan fingerprint density at radius 1 is 1.26 bits per heavy atom. The molecule has 0 aromatic heterocycles. The van der Waals surface area contributed by atoms with Gasteiger partial charge in [0, 0.05) is 19.5 Å². The van der Waals surface area contributed by atoms with Gasteiger partial charge in [-0.1, -0.05) is 37.5 Å². The van der Waals surface area contributed by atoms with Gasteiger partial charge in [0.2, 0.25) is 5.91 Å². The van der Waals surface area contributed by atoms with Crippen LogP contribution in [-0.2, 0) is 4.79 Å². The van der Waals surface area contributed by atoms with Crippen LogP contribution in [0.5, 0.6) is 5.75 Å². The summed E-state index contributed by atoms with van der Waals surface area (Å²) in [6.45, 7) is 2.92. The van der Waals surface area contributed by atoms with E-state index < -0.39 is 5.54 Å². The fourth-order valence-electron chi connectivity index (χ4n) is 4.36. The predicted octanol–water partition coefficient (Wildman–Crippen LogP) is 3.46. The van der Waals surface area contributed by atoms with E-state index in [1.807, 2.05) is 37.4 Å². The van der Waals surface area contributed by atoms with Crippen molar-refractivity contribution in [3.8, 4) is 11.8 Å². The average molecular weight is 370 g/mol. The van der Waals surface area contributed by atoms with Crippen molar-refractivity contribution in [3.05, 3.63) is 30.3 Å². The van der Waals surface area contributed by atoms with E-state index in [4.69, 9.17) is 4.74 Å². The largest absolute Gasteiger partial charge is 0.493 e. The number of nitriles is 1. The second kappa shape index (κ2) is 9.23. The second-order valence-electron chi connectivity index (χ2n) is 8.02. The first-order valence-corrected chi connectivity index (χ1v) is 10.2. The molecule has 3 rings (SSSR count). The van der Waals surface area contributed by atoms with Crippen molar-refractivity contribution < 1.29 is 9.53 Å². The molecule has 146 valence electrons. The van der Waals surface area contributed by atoms with Crippen molar-refractivity contribution >= 4 is 5.91 Å². The number of likely N-dealkylation sites (N-methyl/N-ethyl adjacent to an activating group) is 1. The molecule has 1 amide bonds. The highest BCUT2D eigenvalue weighted by atomic mass is 16.5. The summed E-state index contributed by atoms with van der Waals surface area (Å²) in [6, 6.07) is 12.3. The molecule has 1 aromatic carbocycles. The molecule has 1 saturated heterocycles. The lowest BCUT2D eigenvalue weighted by Gasteiger charge is -2.40.